The van der Waals surface area contributed by atoms with Gasteiger partial charge in [-0.1, -0.05) is 6.58 Å². The van der Waals surface area contributed by atoms with Crippen LogP contribution >= 0.6 is 0 Å². The van der Waals surface area contributed by atoms with Crippen molar-refractivity contribution >= 4 is 0 Å². The Balaban J connectivity index is 3.48. The van der Waals surface area contributed by atoms with Gasteiger partial charge in [-0.15, -0.1) is 0 Å². The van der Waals surface area contributed by atoms with Gasteiger partial charge >= 0.3 is 0 Å². The van der Waals surface area contributed by atoms with Crippen LogP contribution in [0, 0.1) is 0 Å². The summed E-state index contributed by atoms with van der Waals surface area (Å²) in [6.07, 6.45) is 1.35. The lowest BCUT2D eigenvalue weighted by molar-refractivity contribution is 0.236. The summed E-state index contributed by atoms with van der Waals surface area (Å²) >= 11 is 0. The molecule has 0 aromatic carbocycles. The third-order valence-corrected chi connectivity index (χ3v) is 0.718. The second kappa shape index (κ2) is 3.13. The monoisotopic (exact) mass is 113 g/mol. The highest BCUT2D eigenvalue weighted by Crippen LogP contribution is 1.94. The first kappa shape index (κ1) is 7.08. The fraction of sp³-hybridized carbons (Fsp3) is 0.333. The Hall–Kier alpha value is -0.920. The fourth-order valence-corrected chi connectivity index (χ4v) is 0.202. The molecule has 0 N–H and O–H groups in total. The van der Waals surface area contributed by atoms with Crippen molar-refractivity contribution in [2.24, 2.45) is 0 Å². The molecule has 0 aliphatic heterocycles. The van der Waals surface area contributed by atoms with E-state index < -0.39 is 0 Å². The summed E-state index contributed by atoms with van der Waals surface area (Å²) in [6, 6.07) is 0. The molecule has 0 aromatic rings. The Bertz CT molecular complexity index is 96.7. The van der Waals surface area contributed by atoms with E-state index in [1.165, 1.54) is 6.26 Å². The van der Waals surface area contributed by atoms with Crippen molar-refractivity contribution in [1.82, 2.24) is 4.90 Å². The van der Waals surface area contributed by atoms with Gasteiger partial charge in [-0.3, -0.25) is 0 Å². The zero-order valence-corrected chi connectivity index (χ0v) is 5.35. The second-order valence-corrected chi connectivity index (χ2v) is 1.57. The molecule has 46 valence electrons. The molecule has 0 aliphatic rings. The van der Waals surface area contributed by atoms with Crippen molar-refractivity contribution in [2.45, 2.75) is 0 Å². The molecule has 8 heavy (non-hydrogen) atoms. The number of rotatable bonds is 3. The van der Waals surface area contributed by atoms with E-state index in [2.05, 4.69) is 13.2 Å². The topological polar surface area (TPSA) is 12.5 Å². The van der Waals surface area contributed by atoms with Gasteiger partial charge in [0.1, 0.15) is 0 Å². The highest BCUT2D eigenvalue weighted by Gasteiger charge is 1.89. The smallest absolute Gasteiger partial charge is 0.187 e. The third-order valence-electron chi connectivity index (χ3n) is 0.718. The van der Waals surface area contributed by atoms with E-state index in [4.69, 9.17) is 4.74 Å². The normalized spacial score (nSPS) is 7.75. The first-order valence-electron chi connectivity index (χ1n) is 2.32. The van der Waals surface area contributed by atoms with Gasteiger partial charge in [-0.25, -0.2) is 0 Å². The number of ether oxygens (including phenoxy) is 1. The average molecular weight is 113 g/mol. The minimum absolute atomic E-state index is 0.597. The summed E-state index contributed by atoms with van der Waals surface area (Å²) in [5, 5.41) is 0. The molecule has 0 saturated heterocycles. The highest BCUT2D eigenvalue weighted by molar-refractivity contribution is 4.80. The van der Waals surface area contributed by atoms with Crippen LogP contribution in [0.3, 0.4) is 0 Å². The molecule has 2 nitrogen and oxygen atoms in total. The Morgan fingerprint density at radius 1 is 1.62 bits per heavy atom. The Labute approximate surface area is 50.1 Å². The molecule has 0 spiro atoms. The zero-order valence-electron chi connectivity index (χ0n) is 5.35. The molecule has 0 fully saturated rings. The lowest BCUT2D eigenvalue weighted by Crippen LogP contribution is -2.10. The van der Waals surface area contributed by atoms with Crippen LogP contribution in [0.2, 0.25) is 0 Å². The maximum absolute atomic E-state index is 4.80. The van der Waals surface area contributed by atoms with Crippen LogP contribution in [-0.2, 0) is 4.74 Å². The van der Waals surface area contributed by atoms with Gasteiger partial charge in [-0.2, -0.15) is 0 Å². The van der Waals surface area contributed by atoms with Gasteiger partial charge in [0, 0.05) is 14.1 Å². The fourth-order valence-electron chi connectivity index (χ4n) is 0.202. The minimum atomic E-state index is 0.597. The van der Waals surface area contributed by atoms with Crippen molar-refractivity contribution in [3.05, 3.63) is 25.3 Å². The lowest BCUT2D eigenvalue weighted by atomic mass is 10.8. The van der Waals surface area contributed by atoms with Gasteiger partial charge in [0.05, 0.1) is 6.26 Å². The number of hydrogen-bond acceptors (Lipinski definition) is 2. The van der Waals surface area contributed by atoms with Crippen LogP contribution in [0.5, 0.6) is 0 Å². The summed E-state index contributed by atoms with van der Waals surface area (Å²) in [5.74, 6) is 0.597. The zero-order chi connectivity index (χ0) is 6.57. The first-order chi connectivity index (χ1) is 3.68. The molecule has 2 heteroatoms. The summed E-state index contributed by atoms with van der Waals surface area (Å²) in [7, 11) is 3.71. The second-order valence-electron chi connectivity index (χ2n) is 1.57. The van der Waals surface area contributed by atoms with Crippen LogP contribution in [-0.4, -0.2) is 19.0 Å². The SMILES string of the molecule is C=COC(=C)N(C)C. The van der Waals surface area contributed by atoms with Crippen molar-refractivity contribution in [1.29, 1.82) is 0 Å². The highest BCUT2D eigenvalue weighted by atomic mass is 16.5. The molecule has 0 saturated carbocycles. The maximum Gasteiger partial charge on any atom is 0.187 e. The van der Waals surface area contributed by atoms with Crippen molar-refractivity contribution in [3.63, 3.8) is 0 Å². The average Bonchev–Trinajstić information content (AvgIpc) is 1.67. The standard InChI is InChI=1S/C6H11NO/c1-5-8-6(2)7(3)4/h5H,1-2H2,3-4H3. The molecule has 0 aromatic heterocycles. The Morgan fingerprint density at radius 2 is 2.12 bits per heavy atom. The molecule has 0 aliphatic carbocycles. The van der Waals surface area contributed by atoms with Crippen molar-refractivity contribution in [3.8, 4) is 0 Å². The molecule has 0 heterocycles. The molecule has 0 amide bonds. The molecule has 0 radical (unpaired) electrons. The van der Waals surface area contributed by atoms with Gasteiger partial charge in [0.2, 0.25) is 0 Å². The predicted molar refractivity (Wildman–Crippen MR) is 34.1 cm³/mol. The predicted octanol–water partition coefficient (Wildman–Crippen LogP) is 1.18. The maximum atomic E-state index is 4.80. The number of nitrogens with zero attached hydrogens (tertiary/aromatic N) is 1. The van der Waals surface area contributed by atoms with Gasteiger partial charge < -0.3 is 9.64 Å². The van der Waals surface area contributed by atoms with Crippen LogP contribution in [0.1, 0.15) is 0 Å². The summed E-state index contributed by atoms with van der Waals surface area (Å²) < 4.78 is 4.80. The number of hydrogen-bond donors (Lipinski definition) is 0. The molecule has 0 atom stereocenters. The van der Waals surface area contributed by atoms with Gasteiger partial charge in [-0.05, 0) is 6.58 Å². The van der Waals surface area contributed by atoms with Gasteiger partial charge in [0.25, 0.3) is 0 Å². The van der Waals surface area contributed by atoms with Crippen molar-refractivity contribution < 1.29 is 4.74 Å². The van der Waals surface area contributed by atoms with Crippen LogP contribution in [0.25, 0.3) is 0 Å². The van der Waals surface area contributed by atoms with E-state index in [1.54, 1.807) is 4.90 Å². The van der Waals surface area contributed by atoms with Crippen LogP contribution in [0.15, 0.2) is 25.3 Å². The minimum Gasteiger partial charge on any atom is -0.450 e. The van der Waals surface area contributed by atoms with Crippen LogP contribution in [0.4, 0.5) is 0 Å². The van der Waals surface area contributed by atoms with Crippen LogP contribution < -0.4 is 0 Å². The van der Waals surface area contributed by atoms with E-state index in [0.29, 0.717) is 5.88 Å². The molecular weight excluding hydrogens is 102 g/mol. The summed E-state index contributed by atoms with van der Waals surface area (Å²) in [4.78, 5) is 1.77. The molecule has 0 rings (SSSR count). The van der Waals surface area contributed by atoms with E-state index in [-0.39, 0.29) is 0 Å². The van der Waals surface area contributed by atoms with E-state index in [9.17, 15) is 0 Å². The molecule has 0 unspecified atom stereocenters. The lowest BCUT2D eigenvalue weighted by Gasteiger charge is -2.12. The molecular formula is C6H11NO. The van der Waals surface area contributed by atoms with E-state index in [1.807, 2.05) is 14.1 Å². The quantitative estimate of drug-likeness (QED) is 0.509. The van der Waals surface area contributed by atoms with Crippen molar-refractivity contribution in [2.75, 3.05) is 14.1 Å². The van der Waals surface area contributed by atoms with Gasteiger partial charge in [0.15, 0.2) is 5.88 Å². The van der Waals surface area contributed by atoms with E-state index in [0.717, 1.165) is 0 Å². The Kier molecular flexibility index (Phi) is 2.77. The third kappa shape index (κ3) is 2.29. The molecule has 0 bridgehead atoms. The van der Waals surface area contributed by atoms with E-state index >= 15 is 0 Å². The summed E-state index contributed by atoms with van der Waals surface area (Å²) in [6.45, 7) is 6.95. The first-order valence-corrected chi connectivity index (χ1v) is 2.32. The summed E-state index contributed by atoms with van der Waals surface area (Å²) in [5.41, 5.74) is 0. The largest absolute Gasteiger partial charge is 0.450 e. The Morgan fingerprint density at radius 3 is 2.25 bits per heavy atom.